The van der Waals surface area contributed by atoms with Gasteiger partial charge in [-0.25, -0.2) is 0 Å². The van der Waals surface area contributed by atoms with E-state index in [2.05, 4.69) is 24.0 Å². The number of pyridine rings is 1. The maximum absolute atomic E-state index is 11.7. The van der Waals surface area contributed by atoms with Gasteiger partial charge in [-0.1, -0.05) is 42.0 Å². The second kappa shape index (κ2) is 7.74. The van der Waals surface area contributed by atoms with Crippen LogP contribution in [-0.4, -0.2) is 29.4 Å². The minimum absolute atomic E-state index is 0.142. The highest BCUT2D eigenvalue weighted by atomic mass is 16.2. The highest BCUT2D eigenvalue weighted by molar-refractivity contribution is 5.80. The molecule has 0 radical (unpaired) electrons. The molecule has 2 aromatic rings. The summed E-state index contributed by atoms with van der Waals surface area (Å²) in [5.41, 5.74) is 3.56. The minimum Gasteiger partial charge on any atom is -0.345 e. The third kappa shape index (κ3) is 4.42. The van der Waals surface area contributed by atoms with E-state index in [0.29, 0.717) is 0 Å². The van der Waals surface area contributed by atoms with E-state index in [1.54, 1.807) is 6.20 Å². The molecule has 0 spiro atoms. The molecule has 1 unspecified atom stereocenters. The van der Waals surface area contributed by atoms with Crippen molar-refractivity contribution in [2.75, 3.05) is 13.6 Å². The fraction of sp³-hybridized carbons (Fsp3) is 0.368. The molecule has 2 heterocycles. The first-order chi connectivity index (χ1) is 10.6. The van der Waals surface area contributed by atoms with Crippen LogP contribution in [0.4, 0.5) is 0 Å². The van der Waals surface area contributed by atoms with Crippen molar-refractivity contribution in [1.82, 2.24) is 9.88 Å². The molecule has 1 saturated heterocycles. The zero-order chi connectivity index (χ0) is 15.9. The molecule has 1 aliphatic heterocycles. The molecule has 0 bridgehead atoms. The Morgan fingerprint density at radius 2 is 1.86 bits per heavy atom. The van der Waals surface area contributed by atoms with Crippen molar-refractivity contribution >= 4 is 5.91 Å². The Labute approximate surface area is 133 Å². The van der Waals surface area contributed by atoms with E-state index in [4.69, 9.17) is 0 Å². The van der Waals surface area contributed by atoms with Gasteiger partial charge in [-0.3, -0.25) is 9.78 Å². The summed E-state index contributed by atoms with van der Waals surface area (Å²) in [7, 11) is 1.87. The molecule has 1 atom stereocenters. The number of aryl methyl sites for hydroxylation is 2. The Hall–Kier alpha value is -2.16. The second-order valence-electron chi connectivity index (χ2n) is 5.87. The van der Waals surface area contributed by atoms with Crippen molar-refractivity contribution in [3.8, 4) is 0 Å². The van der Waals surface area contributed by atoms with Gasteiger partial charge in [-0.15, -0.1) is 0 Å². The Morgan fingerprint density at radius 1 is 1.14 bits per heavy atom. The van der Waals surface area contributed by atoms with Gasteiger partial charge in [0, 0.05) is 37.8 Å². The molecule has 3 rings (SSSR count). The van der Waals surface area contributed by atoms with Crippen molar-refractivity contribution in [1.29, 1.82) is 0 Å². The molecule has 1 aromatic heterocycles. The Balaban J connectivity index is 0.000000211. The largest absolute Gasteiger partial charge is 0.345 e. The first-order valence-electron chi connectivity index (χ1n) is 7.75. The summed E-state index contributed by atoms with van der Waals surface area (Å²) >= 11 is 0. The monoisotopic (exact) mass is 296 g/mol. The van der Waals surface area contributed by atoms with E-state index in [1.807, 2.05) is 49.2 Å². The van der Waals surface area contributed by atoms with E-state index < -0.39 is 0 Å². The molecule has 1 amide bonds. The highest BCUT2D eigenvalue weighted by Gasteiger charge is 2.29. The van der Waals surface area contributed by atoms with Crippen molar-refractivity contribution < 1.29 is 4.79 Å². The van der Waals surface area contributed by atoms with Gasteiger partial charge >= 0.3 is 0 Å². The van der Waals surface area contributed by atoms with Crippen LogP contribution in [-0.2, 0) is 11.2 Å². The fourth-order valence-corrected chi connectivity index (χ4v) is 2.58. The van der Waals surface area contributed by atoms with Crippen LogP contribution >= 0.6 is 0 Å². The Morgan fingerprint density at radius 3 is 2.36 bits per heavy atom. The first kappa shape index (κ1) is 16.2. The van der Waals surface area contributed by atoms with E-state index >= 15 is 0 Å². The number of carbonyl (C=O) groups excluding carboxylic acids is 1. The maximum Gasteiger partial charge on any atom is 0.225 e. The standard InChI is InChI=1S/C12H16N2O.C7H8/c1-9-4-3-6-13-11(9)8-10-5-7-14(2)12(10)15;1-7-5-3-2-4-6-7/h3-4,6,10H,5,7-8H2,1-2H3;2-6H,1H3. The van der Waals surface area contributed by atoms with Crippen LogP contribution in [0.1, 0.15) is 23.2 Å². The third-order valence-electron chi connectivity index (χ3n) is 4.04. The minimum atomic E-state index is 0.142. The second-order valence-corrected chi connectivity index (χ2v) is 5.87. The van der Waals surface area contributed by atoms with Crippen molar-refractivity contribution in [2.45, 2.75) is 26.7 Å². The summed E-state index contributed by atoms with van der Waals surface area (Å²) in [5, 5.41) is 0. The van der Waals surface area contributed by atoms with Crippen LogP contribution in [0, 0.1) is 19.8 Å². The van der Waals surface area contributed by atoms with Crippen LogP contribution in [0.3, 0.4) is 0 Å². The molecule has 0 aliphatic carbocycles. The van der Waals surface area contributed by atoms with E-state index in [0.717, 1.165) is 25.1 Å². The van der Waals surface area contributed by atoms with Crippen LogP contribution in [0.15, 0.2) is 48.7 Å². The number of rotatable bonds is 2. The number of nitrogens with zero attached hydrogens (tertiary/aromatic N) is 2. The molecule has 1 fully saturated rings. The van der Waals surface area contributed by atoms with E-state index in [9.17, 15) is 4.79 Å². The molecular formula is C19H24N2O. The number of benzene rings is 1. The average Bonchev–Trinajstić information content (AvgIpc) is 2.83. The summed E-state index contributed by atoms with van der Waals surface area (Å²) in [6.07, 6.45) is 3.55. The average molecular weight is 296 g/mol. The van der Waals surface area contributed by atoms with E-state index in [1.165, 1.54) is 11.1 Å². The summed E-state index contributed by atoms with van der Waals surface area (Å²) in [6, 6.07) is 14.2. The third-order valence-corrected chi connectivity index (χ3v) is 4.04. The van der Waals surface area contributed by atoms with Crippen LogP contribution in [0.5, 0.6) is 0 Å². The van der Waals surface area contributed by atoms with Crippen LogP contribution in [0.25, 0.3) is 0 Å². The van der Waals surface area contributed by atoms with Crippen molar-refractivity contribution in [3.63, 3.8) is 0 Å². The number of hydrogen-bond acceptors (Lipinski definition) is 2. The van der Waals surface area contributed by atoms with Gasteiger partial charge in [0.2, 0.25) is 5.91 Å². The number of likely N-dealkylation sites (tertiary alicyclic amines) is 1. The lowest BCUT2D eigenvalue weighted by Gasteiger charge is -2.10. The number of amides is 1. The van der Waals surface area contributed by atoms with E-state index in [-0.39, 0.29) is 11.8 Å². The predicted octanol–water partition coefficient (Wildman–Crippen LogP) is 3.41. The normalized spacial score (nSPS) is 17.1. The summed E-state index contributed by atoms with van der Waals surface area (Å²) in [4.78, 5) is 17.9. The highest BCUT2D eigenvalue weighted by Crippen LogP contribution is 2.21. The molecule has 3 heteroatoms. The molecule has 22 heavy (non-hydrogen) atoms. The topological polar surface area (TPSA) is 33.2 Å². The zero-order valence-corrected chi connectivity index (χ0v) is 13.6. The lowest BCUT2D eigenvalue weighted by Crippen LogP contribution is -2.23. The molecule has 1 aliphatic rings. The summed E-state index contributed by atoms with van der Waals surface area (Å²) in [5.74, 6) is 0.406. The smallest absolute Gasteiger partial charge is 0.225 e. The lowest BCUT2D eigenvalue weighted by atomic mass is 9.99. The predicted molar refractivity (Wildman–Crippen MR) is 89.6 cm³/mol. The van der Waals surface area contributed by atoms with Crippen LogP contribution in [0.2, 0.25) is 0 Å². The van der Waals surface area contributed by atoms with Gasteiger partial charge in [-0.2, -0.15) is 0 Å². The van der Waals surface area contributed by atoms with Crippen molar-refractivity contribution in [3.05, 3.63) is 65.5 Å². The molecule has 0 N–H and O–H groups in total. The van der Waals surface area contributed by atoms with Gasteiger partial charge in [-0.05, 0) is 31.9 Å². The quantitative estimate of drug-likeness (QED) is 0.851. The van der Waals surface area contributed by atoms with Gasteiger partial charge < -0.3 is 4.90 Å². The fourth-order valence-electron chi connectivity index (χ4n) is 2.58. The molecular weight excluding hydrogens is 272 g/mol. The molecule has 0 saturated carbocycles. The Bertz CT molecular complexity index is 610. The number of hydrogen-bond donors (Lipinski definition) is 0. The summed E-state index contributed by atoms with van der Waals surface area (Å²) < 4.78 is 0. The zero-order valence-electron chi connectivity index (χ0n) is 13.6. The van der Waals surface area contributed by atoms with Crippen molar-refractivity contribution in [2.24, 2.45) is 5.92 Å². The lowest BCUT2D eigenvalue weighted by molar-refractivity contribution is -0.129. The first-order valence-corrected chi connectivity index (χ1v) is 7.75. The van der Waals surface area contributed by atoms with Gasteiger partial charge in [0.05, 0.1) is 0 Å². The molecule has 3 nitrogen and oxygen atoms in total. The number of carbonyl (C=O) groups is 1. The van der Waals surface area contributed by atoms with Crippen LogP contribution < -0.4 is 0 Å². The molecule has 1 aromatic carbocycles. The summed E-state index contributed by atoms with van der Waals surface area (Å²) in [6.45, 7) is 5.01. The van der Waals surface area contributed by atoms with Gasteiger partial charge in [0.1, 0.15) is 0 Å². The Kier molecular flexibility index (Phi) is 5.70. The molecule has 116 valence electrons. The van der Waals surface area contributed by atoms with Gasteiger partial charge in [0.25, 0.3) is 0 Å². The number of aromatic nitrogens is 1. The van der Waals surface area contributed by atoms with Gasteiger partial charge in [0.15, 0.2) is 0 Å². The SMILES string of the molecule is Cc1ccccc1.Cc1cccnc1CC1CCN(C)C1=O. The maximum atomic E-state index is 11.7.